The number of carbonyl (C=O) groups is 1. The van der Waals surface area contributed by atoms with Crippen molar-refractivity contribution in [1.82, 2.24) is 4.90 Å². The number of amides is 1. The van der Waals surface area contributed by atoms with Crippen molar-refractivity contribution in [2.45, 2.75) is 17.4 Å². The number of nitrogens with zero attached hydrogens (tertiary/aromatic N) is 1. The molecule has 1 atom stereocenters. The lowest BCUT2D eigenvalue weighted by molar-refractivity contribution is -0.0209. The van der Waals surface area contributed by atoms with Crippen molar-refractivity contribution in [3.05, 3.63) is 65.5 Å². The summed E-state index contributed by atoms with van der Waals surface area (Å²) in [5.74, 6) is -1.36. The molecule has 6 nitrogen and oxygen atoms in total. The molecular formula is C18H19FN2O4S. The van der Waals surface area contributed by atoms with Gasteiger partial charge < -0.3 is 9.64 Å². The van der Waals surface area contributed by atoms with E-state index in [0.717, 1.165) is 23.8 Å². The molecule has 0 spiro atoms. The maximum absolute atomic E-state index is 14.1. The molecule has 0 saturated carbocycles. The van der Waals surface area contributed by atoms with Crippen LogP contribution in [0.2, 0.25) is 0 Å². The van der Waals surface area contributed by atoms with Crippen LogP contribution in [-0.4, -0.2) is 45.0 Å². The summed E-state index contributed by atoms with van der Waals surface area (Å²) in [5, 5.41) is 5.07. The van der Waals surface area contributed by atoms with Crippen molar-refractivity contribution in [2.24, 2.45) is 5.14 Å². The van der Waals surface area contributed by atoms with Crippen LogP contribution in [-0.2, 0) is 21.2 Å². The fraction of sp³-hybridized carbons (Fsp3) is 0.278. The Morgan fingerprint density at radius 1 is 1.23 bits per heavy atom. The quantitative estimate of drug-likeness (QED) is 0.874. The Morgan fingerprint density at radius 3 is 2.65 bits per heavy atom. The molecule has 1 heterocycles. The van der Waals surface area contributed by atoms with E-state index in [-0.39, 0.29) is 16.6 Å². The van der Waals surface area contributed by atoms with Crippen LogP contribution in [0.15, 0.2) is 53.4 Å². The highest BCUT2D eigenvalue weighted by molar-refractivity contribution is 7.89. The largest absolute Gasteiger partial charge is 0.374 e. The Labute approximate surface area is 151 Å². The second kappa shape index (κ2) is 7.53. The Balaban J connectivity index is 1.77. The van der Waals surface area contributed by atoms with Gasteiger partial charge in [0.1, 0.15) is 5.82 Å². The van der Waals surface area contributed by atoms with Gasteiger partial charge in [-0.25, -0.2) is 17.9 Å². The van der Waals surface area contributed by atoms with Crippen LogP contribution in [0.25, 0.3) is 0 Å². The first-order valence-electron chi connectivity index (χ1n) is 8.12. The van der Waals surface area contributed by atoms with Crippen molar-refractivity contribution < 1.29 is 22.3 Å². The van der Waals surface area contributed by atoms with E-state index in [0.29, 0.717) is 26.1 Å². The number of hydrogen-bond acceptors (Lipinski definition) is 4. The Bertz CT molecular complexity index is 903. The second-order valence-electron chi connectivity index (χ2n) is 6.12. The molecule has 1 aliphatic rings. The number of morpholine rings is 1. The fourth-order valence-electron chi connectivity index (χ4n) is 2.92. The molecule has 1 unspecified atom stereocenters. The summed E-state index contributed by atoms with van der Waals surface area (Å²) in [6.07, 6.45) is 0.421. The van der Waals surface area contributed by atoms with Gasteiger partial charge in [0.25, 0.3) is 5.91 Å². The third-order valence-corrected chi connectivity index (χ3v) is 5.14. The monoisotopic (exact) mass is 378 g/mol. The smallest absolute Gasteiger partial charge is 0.257 e. The minimum Gasteiger partial charge on any atom is -0.374 e. The summed E-state index contributed by atoms with van der Waals surface area (Å²) < 4.78 is 42.7. The van der Waals surface area contributed by atoms with Gasteiger partial charge in [-0.15, -0.1) is 0 Å². The van der Waals surface area contributed by atoms with Gasteiger partial charge in [-0.1, -0.05) is 30.3 Å². The van der Waals surface area contributed by atoms with Crippen molar-refractivity contribution >= 4 is 15.9 Å². The van der Waals surface area contributed by atoms with Gasteiger partial charge >= 0.3 is 0 Å². The topological polar surface area (TPSA) is 89.7 Å². The maximum Gasteiger partial charge on any atom is 0.257 e. The van der Waals surface area contributed by atoms with E-state index < -0.39 is 21.7 Å². The molecular weight excluding hydrogens is 359 g/mol. The van der Waals surface area contributed by atoms with Crippen LogP contribution in [0.5, 0.6) is 0 Å². The van der Waals surface area contributed by atoms with Crippen molar-refractivity contribution in [3.8, 4) is 0 Å². The summed E-state index contributed by atoms with van der Waals surface area (Å²) >= 11 is 0. The van der Waals surface area contributed by atoms with E-state index in [1.54, 1.807) is 0 Å². The molecule has 1 saturated heterocycles. The zero-order valence-corrected chi connectivity index (χ0v) is 14.8. The lowest BCUT2D eigenvalue weighted by Gasteiger charge is -2.33. The molecule has 26 heavy (non-hydrogen) atoms. The number of hydrogen-bond donors (Lipinski definition) is 1. The Morgan fingerprint density at radius 2 is 1.96 bits per heavy atom. The van der Waals surface area contributed by atoms with Crippen molar-refractivity contribution in [2.75, 3.05) is 19.7 Å². The zero-order valence-electron chi connectivity index (χ0n) is 14.0. The normalized spacial score (nSPS) is 17.9. The van der Waals surface area contributed by atoms with E-state index in [1.165, 1.54) is 4.90 Å². The first-order valence-corrected chi connectivity index (χ1v) is 9.66. The second-order valence-corrected chi connectivity index (χ2v) is 7.68. The van der Waals surface area contributed by atoms with Gasteiger partial charge in [0.15, 0.2) is 0 Å². The number of nitrogens with two attached hydrogens (primary N) is 1. The molecule has 1 aliphatic heterocycles. The van der Waals surface area contributed by atoms with Gasteiger partial charge in [-0.05, 0) is 23.8 Å². The highest BCUT2D eigenvalue weighted by Gasteiger charge is 2.27. The van der Waals surface area contributed by atoms with Crippen LogP contribution in [0, 0.1) is 5.82 Å². The number of carbonyl (C=O) groups excluding carboxylic acids is 1. The van der Waals surface area contributed by atoms with E-state index in [9.17, 15) is 17.6 Å². The molecule has 2 aromatic rings. The number of halogens is 1. The van der Waals surface area contributed by atoms with Gasteiger partial charge in [0.2, 0.25) is 10.0 Å². The van der Waals surface area contributed by atoms with Crippen molar-refractivity contribution in [1.29, 1.82) is 0 Å². The minimum absolute atomic E-state index is 0.209. The standard InChI is InChI=1S/C18H19FN2O4S/c19-17-7-6-15(26(20,23)24)11-16(17)18(22)21-8-9-25-14(12-21)10-13-4-2-1-3-5-13/h1-7,11,14H,8-10,12H2,(H2,20,23,24). The van der Waals surface area contributed by atoms with Gasteiger partial charge in [-0.2, -0.15) is 0 Å². The van der Waals surface area contributed by atoms with Crippen LogP contribution in [0.1, 0.15) is 15.9 Å². The lowest BCUT2D eigenvalue weighted by Crippen LogP contribution is -2.46. The summed E-state index contributed by atoms with van der Waals surface area (Å²) in [5.41, 5.74) is 0.770. The van der Waals surface area contributed by atoms with Gasteiger partial charge in [-0.3, -0.25) is 4.79 Å². The van der Waals surface area contributed by atoms with Gasteiger partial charge in [0, 0.05) is 19.5 Å². The van der Waals surface area contributed by atoms with Crippen LogP contribution in [0.3, 0.4) is 0 Å². The number of ether oxygens (including phenoxy) is 1. The molecule has 1 amide bonds. The molecule has 2 aromatic carbocycles. The summed E-state index contributed by atoms with van der Waals surface area (Å²) in [6.45, 7) is 0.940. The lowest BCUT2D eigenvalue weighted by atomic mass is 10.1. The average molecular weight is 378 g/mol. The van der Waals surface area contributed by atoms with Crippen molar-refractivity contribution in [3.63, 3.8) is 0 Å². The molecule has 1 fully saturated rings. The van der Waals surface area contributed by atoms with Crippen LogP contribution >= 0.6 is 0 Å². The predicted octanol–water partition coefficient (Wildman–Crippen LogP) is 1.56. The molecule has 138 valence electrons. The summed E-state index contributed by atoms with van der Waals surface area (Å²) in [7, 11) is -4.02. The minimum atomic E-state index is -4.02. The molecule has 2 N–H and O–H groups in total. The highest BCUT2D eigenvalue weighted by Crippen LogP contribution is 2.19. The maximum atomic E-state index is 14.1. The molecule has 0 aromatic heterocycles. The highest BCUT2D eigenvalue weighted by atomic mass is 32.2. The first-order chi connectivity index (χ1) is 12.3. The molecule has 8 heteroatoms. The Hall–Kier alpha value is -2.29. The molecule has 3 rings (SSSR count). The third kappa shape index (κ3) is 4.27. The van der Waals surface area contributed by atoms with E-state index in [4.69, 9.17) is 9.88 Å². The number of sulfonamides is 1. The number of benzene rings is 2. The van der Waals surface area contributed by atoms with E-state index >= 15 is 0 Å². The summed E-state index contributed by atoms with van der Waals surface area (Å²) in [4.78, 5) is 13.9. The number of primary sulfonamides is 1. The van der Waals surface area contributed by atoms with Crippen LogP contribution in [0.4, 0.5) is 4.39 Å². The molecule has 0 aliphatic carbocycles. The summed E-state index contributed by atoms with van der Waals surface area (Å²) in [6, 6.07) is 12.7. The first kappa shape index (κ1) is 18.5. The molecule has 0 bridgehead atoms. The molecule has 0 radical (unpaired) electrons. The zero-order chi connectivity index (χ0) is 18.7. The van der Waals surface area contributed by atoms with E-state index in [2.05, 4.69) is 0 Å². The van der Waals surface area contributed by atoms with Crippen LogP contribution < -0.4 is 5.14 Å². The van der Waals surface area contributed by atoms with E-state index in [1.807, 2.05) is 30.3 Å². The Kier molecular flexibility index (Phi) is 5.36. The fourth-order valence-corrected chi connectivity index (χ4v) is 3.46. The SMILES string of the molecule is NS(=O)(=O)c1ccc(F)c(C(=O)N2CCOC(Cc3ccccc3)C2)c1. The van der Waals surface area contributed by atoms with Gasteiger partial charge in [0.05, 0.1) is 23.2 Å². The average Bonchev–Trinajstić information content (AvgIpc) is 2.61. The predicted molar refractivity (Wildman–Crippen MR) is 93.6 cm³/mol. The third-order valence-electron chi connectivity index (χ3n) is 4.23. The number of rotatable bonds is 4.